The molecule has 2 aromatic carbocycles. The summed E-state index contributed by atoms with van der Waals surface area (Å²) in [5.41, 5.74) is 0.575. The minimum atomic E-state index is -4.11. The van der Waals surface area contributed by atoms with Crippen LogP contribution in [0.4, 0.5) is 8.78 Å². The van der Waals surface area contributed by atoms with Crippen molar-refractivity contribution in [2.24, 2.45) is 0 Å². The number of sulfone groups is 1. The van der Waals surface area contributed by atoms with Crippen LogP contribution in [-0.2, 0) is 9.84 Å². The first-order valence-electron chi connectivity index (χ1n) is 7.66. The van der Waals surface area contributed by atoms with Crippen molar-refractivity contribution in [2.45, 2.75) is 17.1 Å². The molecule has 0 aliphatic heterocycles. The molecule has 0 amide bonds. The predicted octanol–water partition coefficient (Wildman–Crippen LogP) is 4.88. The Morgan fingerprint density at radius 3 is 2.35 bits per heavy atom. The quantitative estimate of drug-likeness (QED) is 0.634. The Morgan fingerprint density at radius 2 is 1.69 bits per heavy atom. The molecule has 1 atom stereocenters. The fourth-order valence-corrected chi connectivity index (χ4v) is 4.54. The van der Waals surface area contributed by atoms with Crippen molar-refractivity contribution in [2.75, 3.05) is 0 Å². The summed E-state index contributed by atoms with van der Waals surface area (Å²) < 4.78 is 54.7. The van der Waals surface area contributed by atoms with Gasteiger partial charge in [-0.3, -0.25) is 4.98 Å². The zero-order valence-corrected chi connectivity index (χ0v) is 15.2. The molecule has 0 aliphatic carbocycles. The Hall–Kier alpha value is -2.31. The van der Waals surface area contributed by atoms with Gasteiger partial charge < -0.3 is 0 Å². The number of aromatic nitrogens is 1. The number of rotatable bonds is 4. The van der Waals surface area contributed by atoms with Crippen molar-refractivity contribution < 1.29 is 17.2 Å². The molecule has 1 unspecified atom stereocenters. The van der Waals surface area contributed by atoms with Gasteiger partial charge in [0.25, 0.3) is 0 Å². The summed E-state index contributed by atoms with van der Waals surface area (Å²) in [6, 6.07) is 11.5. The summed E-state index contributed by atoms with van der Waals surface area (Å²) in [4.78, 5) is 4.05. The van der Waals surface area contributed by atoms with E-state index >= 15 is 0 Å². The number of halogens is 3. The zero-order chi connectivity index (χ0) is 18.9. The number of hydrogen-bond acceptors (Lipinski definition) is 3. The summed E-state index contributed by atoms with van der Waals surface area (Å²) in [6.07, 6.45) is 1.44. The molecule has 3 aromatic rings. The lowest BCUT2D eigenvalue weighted by Crippen LogP contribution is -2.18. The highest BCUT2D eigenvalue weighted by atomic mass is 35.5. The van der Waals surface area contributed by atoms with Gasteiger partial charge in [-0.05, 0) is 67.1 Å². The van der Waals surface area contributed by atoms with Gasteiger partial charge in [-0.25, -0.2) is 17.2 Å². The van der Waals surface area contributed by atoms with E-state index in [4.69, 9.17) is 11.6 Å². The Labute approximate surface area is 155 Å². The Morgan fingerprint density at radius 1 is 1.00 bits per heavy atom. The fourth-order valence-electron chi connectivity index (χ4n) is 2.66. The number of hydrogen-bond donors (Lipinski definition) is 0. The van der Waals surface area contributed by atoms with E-state index in [2.05, 4.69) is 4.98 Å². The minimum Gasteiger partial charge on any atom is -0.260 e. The van der Waals surface area contributed by atoms with Crippen molar-refractivity contribution in [3.05, 3.63) is 94.3 Å². The van der Waals surface area contributed by atoms with Crippen LogP contribution in [-0.4, -0.2) is 13.4 Å². The van der Waals surface area contributed by atoms with Crippen molar-refractivity contribution in [1.29, 1.82) is 0 Å². The molecule has 3 rings (SSSR count). The van der Waals surface area contributed by atoms with Crippen molar-refractivity contribution in [1.82, 2.24) is 4.98 Å². The third-order valence-electron chi connectivity index (χ3n) is 3.90. The SMILES string of the molecule is Cc1ccnc(C(c2cc(F)ccc2F)S(=O)(=O)c2ccc(Cl)cc2)c1. The van der Waals surface area contributed by atoms with Crippen molar-refractivity contribution in [3.8, 4) is 0 Å². The summed E-state index contributed by atoms with van der Waals surface area (Å²) in [7, 11) is -4.11. The predicted molar refractivity (Wildman–Crippen MR) is 95.8 cm³/mol. The van der Waals surface area contributed by atoms with E-state index < -0.39 is 26.7 Å². The van der Waals surface area contributed by atoms with E-state index in [0.29, 0.717) is 5.02 Å². The van der Waals surface area contributed by atoms with Crippen LogP contribution in [0.1, 0.15) is 22.1 Å². The molecule has 1 heterocycles. The summed E-state index contributed by atoms with van der Waals surface area (Å²) >= 11 is 5.83. The van der Waals surface area contributed by atoms with Crippen molar-refractivity contribution in [3.63, 3.8) is 0 Å². The summed E-state index contributed by atoms with van der Waals surface area (Å²) in [5, 5.41) is -1.12. The molecule has 3 nitrogen and oxygen atoms in total. The molecule has 0 radical (unpaired) electrons. The molecule has 0 fully saturated rings. The molecule has 0 aliphatic rings. The number of aryl methyl sites for hydroxylation is 1. The second-order valence-corrected chi connectivity index (χ2v) is 8.27. The zero-order valence-electron chi connectivity index (χ0n) is 13.7. The third-order valence-corrected chi connectivity index (χ3v) is 6.20. The highest BCUT2D eigenvalue weighted by molar-refractivity contribution is 7.91. The fraction of sp³-hybridized carbons (Fsp3) is 0.105. The second kappa shape index (κ2) is 7.13. The van der Waals surface area contributed by atoms with Crippen LogP contribution in [0.25, 0.3) is 0 Å². The van der Waals surface area contributed by atoms with Gasteiger partial charge in [0.2, 0.25) is 0 Å². The average Bonchev–Trinajstić information content (AvgIpc) is 2.58. The maximum atomic E-state index is 14.4. The van der Waals surface area contributed by atoms with E-state index in [0.717, 1.165) is 23.8 Å². The van der Waals surface area contributed by atoms with E-state index in [9.17, 15) is 17.2 Å². The molecule has 0 bridgehead atoms. The standard InChI is InChI=1S/C19H14ClF2NO2S/c1-12-8-9-23-18(10-12)19(16-11-14(21)4-7-17(16)22)26(24,25)15-5-2-13(20)3-6-15/h2-11,19H,1H3. The molecule has 0 spiro atoms. The monoisotopic (exact) mass is 393 g/mol. The molecular weight excluding hydrogens is 380 g/mol. The van der Waals surface area contributed by atoms with Crippen LogP contribution in [0.15, 0.2) is 65.7 Å². The molecule has 0 N–H and O–H groups in total. The average molecular weight is 394 g/mol. The normalized spacial score (nSPS) is 12.8. The smallest absolute Gasteiger partial charge is 0.191 e. The first-order chi connectivity index (χ1) is 12.3. The Balaban J connectivity index is 2.27. The van der Waals surface area contributed by atoms with Gasteiger partial charge in [0.05, 0.1) is 10.6 Å². The van der Waals surface area contributed by atoms with Crippen LogP contribution in [0.2, 0.25) is 5.02 Å². The highest BCUT2D eigenvalue weighted by Gasteiger charge is 2.34. The van der Waals surface area contributed by atoms with Crippen LogP contribution in [0, 0.1) is 18.6 Å². The van der Waals surface area contributed by atoms with Gasteiger partial charge in [0.15, 0.2) is 9.84 Å². The van der Waals surface area contributed by atoms with Gasteiger partial charge in [0, 0.05) is 16.8 Å². The van der Waals surface area contributed by atoms with Crippen LogP contribution < -0.4 is 0 Å². The maximum Gasteiger partial charge on any atom is 0.191 e. The van der Waals surface area contributed by atoms with Crippen LogP contribution in [0.5, 0.6) is 0 Å². The molecular formula is C19H14ClF2NO2S. The van der Waals surface area contributed by atoms with Gasteiger partial charge in [0.1, 0.15) is 16.9 Å². The minimum absolute atomic E-state index is 0.0566. The van der Waals surface area contributed by atoms with Crippen LogP contribution in [0.3, 0.4) is 0 Å². The van der Waals surface area contributed by atoms with E-state index in [1.807, 2.05) is 0 Å². The third kappa shape index (κ3) is 3.61. The summed E-state index contributed by atoms with van der Waals surface area (Å²) in [6.45, 7) is 1.76. The van der Waals surface area contributed by atoms with Crippen molar-refractivity contribution >= 4 is 21.4 Å². The lowest BCUT2D eigenvalue weighted by Gasteiger charge is -2.19. The number of benzene rings is 2. The van der Waals surface area contributed by atoms with Gasteiger partial charge in [-0.15, -0.1) is 0 Å². The lowest BCUT2D eigenvalue weighted by molar-refractivity contribution is 0.568. The van der Waals surface area contributed by atoms with Gasteiger partial charge in [-0.1, -0.05) is 11.6 Å². The first-order valence-corrected chi connectivity index (χ1v) is 9.58. The lowest BCUT2D eigenvalue weighted by atomic mass is 10.1. The second-order valence-electron chi connectivity index (χ2n) is 5.80. The van der Waals surface area contributed by atoms with E-state index in [-0.39, 0.29) is 16.2 Å². The molecule has 134 valence electrons. The van der Waals surface area contributed by atoms with Gasteiger partial charge in [-0.2, -0.15) is 0 Å². The largest absolute Gasteiger partial charge is 0.260 e. The number of pyridine rings is 1. The number of nitrogens with zero attached hydrogens (tertiary/aromatic N) is 1. The molecule has 7 heteroatoms. The maximum absolute atomic E-state index is 14.4. The van der Waals surface area contributed by atoms with Gasteiger partial charge >= 0.3 is 0 Å². The Bertz CT molecular complexity index is 1050. The van der Waals surface area contributed by atoms with E-state index in [1.165, 1.54) is 30.5 Å². The topological polar surface area (TPSA) is 47.0 Å². The van der Waals surface area contributed by atoms with E-state index in [1.54, 1.807) is 19.1 Å². The Kier molecular flexibility index (Phi) is 5.07. The first kappa shape index (κ1) is 18.5. The summed E-state index contributed by atoms with van der Waals surface area (Å²) in [5.74, 6) is -1.55. The molecule has 26 heavy (non-hydrogen) atoms. The van der Waals surface area contributed by atoms with Crippen LogP contribution >= 0.6 is 11.6 Å². The highest BCUT2D eigenvalue weighted by Crippen LogP contribution is 2.36. The molecule has 1 aromatic heterocycles. The molecule has 0 saturated heterocycles. The molecule has 0 saturated carbocycles.